The molecule has 4 N–H and O–H groups in total. The van der Waals surface area contributed by atoms with Gasteiger partial charge in [0, 0.05) is 5.56 Å². The fourth-order valence-corrected chi connectivity index (χ4v) is 5.22. The summed E-state index contributed by atoms with van der Waals surface area (Å²) in [7, 11) is 0. The average molecular weight is 553 g/mol. The summed E-state index contributed by atoms with van der Waals surface area (Å²) in [5.41, 5.74) is 13.6. The van der Waals surface area contributed by atoms with Crippen LogP contribution in [-0.4, -0.2) is 23.3 Å². The van der Waals surface area contributed by atoms with Crippen LogP contribution in [0.1, 0.15) is 29.5 Å². The number of carbonyl (C=O) groups excluding carboxylic acids is 1. The summed E-state index contributed by atoms with van der Waals surface area (Å²) < 4.78 is 24.7. The molecule has 2 aromatic carbocycles. The van der Waals surface area contributed by atoms with E-state index in [1.165, 1.54) is 24.3 Å². The zero-order valence-electron chi connectivity index (χ0n) is 21.1. The molecule has 11 heteroatoms. The van der Waals surface area contributed by atoms with Crippen LogP contribution in [0, 0.1) is 39.8 Å². The van der Waals surface area contributed by atoms with Crippen LogP contribution in [0.15, 0.2) is 82.4 Å². The first kappa shape index (κ1) is 27.7. The Morgan fingerprint density at radius 1 is 1.05 bits per heavy atom. The lowest BCUT2D eigenvalue weighted by Crippen LogP contribution is -2.27. The van der Waals surface area contributed by atoms with E-state index >= 15 is 0 Å². The summed E-state index contributed by atoms with van der Waals surface area (Å²) in [5, 5.41) is 29.8. The molecule has 3 aromatic rings. The molecule has 9 nitrogen and oxygen atoms in total. The number of ether oxygens (including phenoxy) is 2. The number of nitriles is 3. The third-order valence-electron chi connectivity index (χ3n) is 6.01. The van der Waals surface area contributed by atoms with Crippen molar-refractivity contribution >= 4 is 23.5 Å². The standard InChI is InChI=1S/C29H21FN6O3S/c1-2-38-29(37)25-22(39-27(35)20(13-32)24(25)16-6-4-3-5-7-16)15-40-28-21(14-33)23(19(12-31)26(34)36-28)17-8-10-18(30)11-9-17/h3-11,24H,2,15,35H2,1H3,(H2,34,36)/t24-/m1/s1. The number of nitrogens with zero attached hydrogens (tertiary/aromatic N) is 4. The minimum absolute atomic E-state index is 0.0252. The molecule has 0 unspecified atom stereocenters. The highest BCUT2D eigenvalue weighted by Gasteiger charge is 2.37. The Morgan fingerprint density at radius 3 is 2.33 bits per heavy atom. The Bertz CT molecular complexity index is 1670. The Hall–Kier alpha value is -5.31. The van der Waals surface area contributed by atoms with Crippen molar-refractivity contribution in [2.24, 2.45) is 5.73 Å². The lowest BCUT2D eigenvalue weighted by atomic mass is 9.83. The molecule has 40 heavy (non-hydrogen) atoms. The summed E-state index contributed by atoms with van der Waals surface area (Å²) >= 11 is 1.02. The van der Waals surface area contributed by atoms with Crippen molar-refractivity contribution in [1.82, 2.24) is 4.98 Å². The number of anilines is 1. The van der Waals surface area contributed by atoms with Gasteiger partial charge in [-0.2, -0.15) is 15.8 Å². The molecule has 0 saturated heterocycles. The lowest BCUT2D eigenvalue weighted by molar-refractivity contribution is -0.139. The zero-order chi connectivity index (χ0) is 28.8. The van der Waals surface area contributed by atoms with E-state index in [9.17, 15) is 25.0 Å². The van der Waals surface area contributed by atoms with Gasteiger partial charge in [-0.3, -0.25) is 0 Å². The Morgan fingerprint density at radius 2 is 1.73 bits per heavy atom. The van der Waals surface area contributed by atoms with E-state index in [0.717, 1.165) is 11.8 Å². The molecule has 1 aliphatic rings. The molecule has 0 amide bonds. The van der Waals surface area contributed by atoms with E-state index in [0.29, 0.717) is 11.1 Å². The van der Waals surface area contributed by atoms with Crippen LogP contribution in [0.5, 0.6) is 0 Å². The van der Waals surface area contributed by atoms with Crippen LogP contribution >= 0.6 is 11.8 Å². The fourth-order valence-electron chi connectivity index (χ4n) is 4.28. The van der Waals surface area contributed by atoms with E-state index < -0.39 is 17.7 Å². The molecule has 0 bridgehead atoms. The second kappa shape index (κ2) is 12.0. The van der Waals surface area contributed by atoms with Gasteiger partial charge in [0.05, 0.1) is 29.4 Å². The van der Waals surface area contributed by atoms with Gasteiger partial charge in [-0.05, 0) is 30.2 Å². The van der Waals surface area contributed by atoms with Gasteiger partial charge < -0.3 is 20.9 Å². The third-order valence-corrected chi connectivity index (χ3v) is 6.99. The molecule has 1 aromatic heterocycles. The van der Waals surface area contributed by atoms with Gasteiger partial charge in [-0.1, -0.05) is 54.2 Å². The highest BCUT2D eigenvalue weighted by Crippen LogP contribution is 2.42. The highest BCUT2D eigenvalue weighted by molar-refractivity contribution is 7.99. The molecule has 0 aliphatic carbocycles. The molecule has 1 aliphatic heterocycles. The number of benzene rings is 2. The van der Waals surface area contributed by atoms with E-state index in [1.54, 1.807) is 37.3 Å². The summed E-state index contributed by atoms with van der Waals surface area (Å²) in [6.07, 6.45) is 0. The van der Waals surface area contributed by atoms with Gasteiger partial charge in [0.25, 0.3) is 0 Å². The van der Waals surface area contributed by atoms with Crippen molar-refractivity contribution in [1.29, 1.82) is 15.8 Å². The third kappa shape index (κ3) is 5.30. The van der Waals surface area contributed by atoms with Crippen LogP contribution in [0.4, 0.5) is 10.2 Å². The maximum Gasteiger partial charge on any atom is 0.338 e. The van der Waals surface area contributed by atoms with Crippen molar-refractivity contribution in [3.63, 3.8) is 0 Å². The van der Waals surface area contributed by atoms with Crippen LogP contribution in [0.2, 0.25) is 0 Å². The Kier molecular flexibility index (Phi) is 8.34. The Labute approximate surface area is 233 Å². The van der Waals surface area contributed by atoms with Crippen LogP contribution < -0.4 is 11.5 Å². The second-order valence-corrected chi connectivity index (χ2v) is 9.30. The maximum atomic E-state index is 13.6. The molecule has 198 valence electrons. The van der Waals surface area contributed by atoms with Crippen molar-refractivity contribution in [3.05, 3.63) is 99.9 Å². The summed E-state index contributed by atoms with van der Waals surface area (Å²) in [6, 6.07) is 20.2. The smallest absolute Gasteiger partial charge is 0.338 e. The first-order valence-corrected chi connectivity index (χ1v) is 12.9. The largest absolute Gasteiger partial charge is 0.463 e. The van der Waals surface area contributed by atoms with Gasteiger partial charge in [-0.15, -0.1) is 0 Å². The quantitative estimate of drug-likeness (QED) is 0.311. The van der Waals surface area contributed by atoms with Crippen molar-refractivity contribution < 1.29 is 18.7 Å². The number of esters is 1. The number of halogens is 1. The summed E-state index contributed by atoms with van der Waals surface area (Å²) in [4.78, 5) is 17.5. The van der Waals surface area contributed by atoms with E-state index in [4.69, 9.17) is 20.9 Å². The van der Waals surface area contributed by atoms with E-state index in [-0.39, 0.29) is 62.7 Å². The van der Waals surface area contributed by atoms with Crippen LogP contribution in [-0.2, 0) is 14.3 Å². The molecule has 1 atom stereocenters. The zero-order valence-corrected chi connectivity index (χ0v) is 22.0. The number of nitrogens with two attached hydrogens (primary N) is 2. The summed E-state index contributed by atoms with van der Waals surface area (Å²) in [6.45, 7) is 1.74. The number of allylic oxidation sites excluding steroid dienone is 1. The number of hydrogen-bond acceptors (Lipinski definition) is 10. The number of aromatic nitrogens is 1. The van der Waals surface area contributed by atoms with Gasteiger partial charge >= 0.3 is 5.97 Å². The predicted octanol–water partition coefficient (Wildman–Crippen LogP) is 4.63. The first-order valence-electron chi connectivity index (χ1n) is 11.9. The molecule has 0 spiro atoms. The molecule has 2 heterocycles. The Balaban J connectivity index is 1.84. The highest BCUT2D eigenvalue weighted by atomic mass is 32.2. The SMILES string of the molecule is CCOC(=O)C1=C(CSc2nc(N)c(C#N)c(-c3ccc(F)cc3)c2C#N)OC(N)=C(C#N)[C@H]1c1ccccc1. The second-order valence-electron chi connectivity index (χ2n) is 8.34. The average Bonchev–Trinajstić information content (AvgIpc) is 2.96. The number of nitrogen functional groups attached to an aromatic ring is 1. The number of carbonyl (C=O) groups is 1. The summed E-state index contributed by atoms with van der Waals surface area (Å²) in [5.74, 6) is -2.25. The van der Waals surface area contributed by atoms with E-state index in [2.05, 4.69) is 11.1 Å². The van der Waals surface area contributed by atoms with Crippen molar-refractivity contribution in [3.8, 4) is 29.3 Å². The molecular formula is C29H21FN6O3S. The van der Waals surface area contributed by atoms with Gasteiger partial charge in [-0.25, -0.2) is 14.2 Å². The molecular weight excluding hydrogens is 531 g/mol. The lowest BCUT2D eigenvalue weighted by Gasteiger charge is -2.28. The van der Waals surface area contributed by atoms with Crippen molar-refractivity contribution in [2.75, 3.05) is 18.1 Å². The molecule has 4 rings (SSSR count). The topological polar surface area (TPSA) is 172 Å². The monoisotopic (exact) mass is 552 g/mol. The van der Waals surface area contributed by atoms with E-state index in [1.807, 2.05) is 12.1 Å². The van der Waals surface area contributed by atoms with Gasteiger partial charge in [0.1, 0.15) is 51.8 Å². The number of hydrogen-bond donors (Lipinski definition) is 2. The first-order chi connectivity index (χ1) is 19.3. The molecule has 0 radical (unpaired) electrons. The molecule has 0 saturated carbocycles. The molecule has 0 fully saturated rings. The number of thioether (sulfide) groups is 1. The number of rotatable bonds is 7. The minimum Gasteiger partial charge on any atom is -0.463 e. The number of pyridine rings is 1. The van der Waals surface area contributed by atoms with Crippen LogP contribution in [0.25, 0.3) is 11.1 Å². The van der Waals surface area contributed by atoms with Crippen LogP contribution in [0.3, 0.4) is 0 Å². The predicted molar refractivity (Wildman–Crippen MR) is 145 cm³/mol. The fraction of sp³-hybridized carbons (Fsp3) is 0.138. The van der Waals surface area contributed by atoms with Gasteiger partial charge in [0.15, 0.2) is 0 Å². The minimum atomic E-state index is -0.848. The maximum absolute atomic E-state index is 13.6. The normalized spacial score (nSPS) is 14.5. The van der Waals surface area contributed by atoms with Gasteiger partial charge in [0.2, 0.25) is 5.88 Å². The van der Waals surface area contributed by atoms with Crippen molar-refractivity contribution in [2.45, 2.75) is 17.9 Å².